The SMILES string of the molecule is Nn1c2cccc3c4ccccc4n4c5ccc(-c6ccc7ccc8c(c7c6)c6cccc7c6c6c(ccc9c%10ccccc%10n8c96)n7N)cc5c5ccc1c(c32)c54. The molecule has 6 nitrogen and oxygen atoms in total. The fourth-order valence-corrected chi connectivity index (χ4v) is 11.3. The van der Waals surface area contributed by atoms with Crippen molar-refractivity contribution in [2.75, 3.05) is 11.7 Å². The van der Waals surface area contributed by atoms with Gasteiger partial charge in [0.05, 0.1) is 55.2 Å². The Morgan fingerprint density at radius 1 is 0.276 bits per heavy atom. The maximum absolute atomic E-state index is 6.92. The van der Waals surface area contributed by atoms with Crippen LogP contribution in [-0.2, 0) is 0 Å². The first kappa shape index (κ1) is 29.3. The van der Waals surface area contributed by atoms with Crippen molar-refractivity contribution in [3.63, 3.8) is 0 Å². The summed E-state index contributed by atoms with van der Waals surface area (Å²) >= 11 is 0. The Hall–Kier alpha value is -7.96. The van der Waals surface area contributed by atoms with E-state index in [-0.39, 0.29) is 0 Å². The first-order valence-corrected chi connectivity index (χ1v) is 19.9. The smallest absolute Gasteiger partial charge is 0.0725 e. The molecule has 9 aromatic carbocycles. The molecule has 268 valence electrons. The number of para-hydroxylation sites is 2. The van der Waals surface area contributed by atoms with Crippen LogP contribution in [0.3, 0.4) is 0 Å². The van der Waals surface area contributed by atoms with Gasteiger partial charge >= 0.3 is 0 Å². The van der Waals surface area contributed by atoms with Gasteiger partial charge in [-0.05, 0) is 93.3 Å². The summed E-state index contributed by atoms with van der Waals surface area (Å²) in [6, 6.07) is 58.2. The molecule has 0 spiro atoms. The van der Waals surface area contributed by atoms with E-state index in [1.54, 1.807) is 0 Å². The molecule has 0 aliphatic carbocycles. The van der Waals surface area contributed by atoms with Crippen LogP contribution >= 0.6 is 0 Å². The van der Waals surface area contributed by atoms with E-state index in [1.165, 1.54) is 120 Å². The van der Waals surface area contributed by atoms with E-state index in [1.807, 2.05) is 9.35 Å². The zero-order valence-electron chi connectivity index (χ0n) is 31.0. The topological polar surface area (TPSA) is 70.7 Å². The van der Waals surface area contributed by atoms with E-state index in [2.05, 4.69) is 167 Å². The van der Waals surface area contributed by atoms with Gasteiger partial charge in [0.1, 0.15) is 0 Å². The minimum atomic E-state index is 1.04. The Bertz CT molecular complexity index is 4340. The van der Waals surface area contributed by atoms with Crippen molar-refractivity contribution in [1.29, 1.82) is 0 Å². The molecule has 6 heterocycles. The monoisotopic (exact) mass is 738 g/mol. The molecule has 4 N–H and O–H groups in total. The lowest BCUT2D eigenvalue weighted by molar-refractivity contribution is 1.12. The average Bonchev–Trinajstić information content (AvgIpc) is 3.92. The lowest BCUT2D eigenvalue weighted by atomic mass is 9.95. The van der Waals surface area contributed by atoms with Crippen LogP contribution in [0, 0.1) is 0 Å². The van der Waals surface area contributed by atoms with Crippen LogP contribution in [0.5, 0.6) is 0 Å². The molecule has 58 heavy (non-hydrogen) atoms. The minimum Gasteiger partial charge on any atom is -0.339 e. The van der Waals surface area contributed by atoms with Crippen LogP contribution in [0.15, 0.2) is 158 Å². The standard InChI is InChI=1S/C52H30N6/c53-57-42-13-5-9-32-30-7-1-3-11-38(30)55-40-21-18-29(26-37(40)34-20-24-44(57)49(47(32)42)52(34)55)28-16-15-27-17-22-41-46(36(27)25-28)35-10-6-14-43-48(35)50-45(58(43)54)23-19-33-31-8-2-4-12-39(31)56(41)51(33)50/h1-26H,53-54H2. The maximum atomic E-state index is 6.92. The van der Waals surface area contributed by atoms with E-state index < -0.39 is 0 Å². The fraction of sp³-hybridized carbons (Fsp3) is 0. The van der Waals surface area contributed by atoms with E-state index in [4.69, 9.17) is 11.7 Å². The molecule has 0 saturated carbocycles. The molecule has 6 aromatic heterocycles. The summed E-state index contributed by atoms with van der Waals surface area (Å²) < 4.78 is 8.69. The number of rotatable bonds is 1. The molecule has 0 atom stereocenters. The second kappa shape index (κ2) is 9.70. The molecule has 0 unspecified atom stereocenters. The third-order valence-corrected chi connectivity index (χ3v) is 13.6. The van der Waals surface area contributed by atoms with Crippen LogP contribution in [0.4, 0.5) is 0 Å². The van der Waals surface area contributed by atoms with Gasteiger partial charge in [0.25, 0.3) is 0 Å². The minimum absolute atomic E-state index is 1.04. The van der Waals surface area contributed by atoms with Crippen LogP contribution in [-0.4, -0.2) is 18.2 Å². The normalized spacial score (nSPS) is 13.0. The summed E-state index contributed by atoms with van der Waals surface area (Å²) in [5.74, 6) is 13.8. The van der Waals surface area contributed by atoms with Crippen LogP contribution < -0.4 is 11.7 Å². The Labute approximate surface area is 328 Å². The van der Waals surface area contributed by atoms with Crippen LogP contribution in [0.2, 0.25) is 0 Å². The Kier molecular flexibility index (Phi) is 4.91. The quantitative estimate of drug-likeness (QED) is 0.165. The highest BCUT2D eigenvalue weighted by Gasteiger charge is 2.24. The van der Waals surface area contributed by atoms with Crippen molar-refractivity contribution < 1.29 is 0 Å². The van der Waals surface area contributed by atoms with Gasteiger partial charge in [-0.3, -0.25) is 9.35 Å². The van der Waals surface area contributed by atoms with E-state index in [0.29, 0.717) is 0 Å². The third kappa shape index (κ3) is 3.17. The molecule has 6 heteroatoms. The second-order valence-electron chi connectivity index (χ2n) is 16.2. The molecular weight excluding hydrogens is 709 g/mol. The summed E-state index contributed by atoms with van der Waals surface area (Å²) in [6.45, 7) is 0. The van der Waals surface area contributed by atoms with Gasteiger partial charge in [0, 0.05) is 53.9 Å². The van der Waals surface area contributed by atoms with Crippen molar-refractivity contribution in [2.24, 2.45) is 0 Å². The number of hydrogen-bond acceptors (Lipinski definition) is 2. The summed E-state index contributed by atoms with van der Waals surface area (Å²) in [5, 5.41) is 17.0. The summed E-state index contributed by atoms with van der Waals surface area (Å²) in [7, 11) is 0. The van der Waals surface area contributed by atoms with Crippen LogP contribution in [0.25, 0.3) is 142 Å². The van der Waals surface area contributed by atoms with Gasteiger partial charge < -0.3 is 20.5 Å². The second-order valence-corrected chi connectivity index (χ2v) is 16.2. The lowest BCUT2D eigenvalue weighted by Gasteiger charge is -2.10. The van der Waals surface area contributed by atoms with E-state index >= 15 is 0 Å². The van der Waals surface area contributed by atoms with Crippen molar-refractivity contribution in [1.82, 2.24) is 18.2 Å². The molecule has 0 aliphatic heterocycles. The van der Waals surface area contributed by atoms with Crippen molar-refractivity contribution in [3.05, 3.63) is 158 Å². The Morgan fingerprint density at radius 3 is 1.43 bits per heavy atom. The highest BCUT2D eigenvalue weighted by molar-refractivity contribution is 6.36. The number of nitrogens with two attached hydrogens (primary N) is 2. The molecular formula is C52H30N6. The third-order valence-electron chi connectivity index (χ3n) is 13.6. The van der Waals surface area contributed by atoms with Gasteiger partial charge in [0.15, 0.2) is 0 Å². The number of fused-ring (bicyclic) bond motifs is 14. The number of nitrogens with zero attached hydrogens (tertiary/aromatic N) is 4. The number of benzene rings is 9. The molecule has 0 fully saturated rings. The molecule has 15 aromatic rings. The van der Waals surface area contributed by atoms with Crippen LogP contribution in [0.1, 0.15) is 0 Å². The molecule has 15 rings (SSSR count). The number of nitrogen functional groups attached to an aromatic ring is 2. The molecule has 0 bridgehead atoms. The number of hydrogen-bond donors (Lipinski definition) is 2. The van der Waals surface area contributed by atoms with Crippen molar-refractivity contribution in [2.45, 2.75) is 0 Å². The predicted molar refractivity (Wildman–Crippen MR) is 245 cm³/mol. The highest BCUT2D eigenvalue weighted by atomic mass is 15.3. The van der Waals surface area contributed by atoms with Gasteiger partial charge in [-0.25, -0.2) is 0 Å². The number of aromatic nitrogens is 4. The predicted octanol–water partition coefficient (Wildman–Crippen LogP) is 12.5. The largest absolute Gasteiger partial charge is 0.339 e. The van der Waals surface area contributed by atoms with Gasteiger partial charge in [-0.1, -0.05) is 97.1 Å². The van der Waals surface area contributed by atoms with E-state index in [0.717, 1.165) is 22.1 Å². The highest BCUT2D eigenvalue weighted by Crippen LogP contribution is 2.47. The maximum Gasteiger partial charge on any atom is 0.0725 e. The lowest BCUT2D eigenvalue weighted by Crippen LogP contribution is -2.06. The zero-order chi connectivity index (χ0) is 37.7. The van der Waals surface area contributed by atoms with E-state index in [9.17, 15) is 0 Å². The van der Waals surface area contributed by atoms with Gasteiger partial charge in [0.2, 0.25) is 0 Å². The summed E-state index contributed by atoms with van der Waals surface area (Å²) in [5.41, 5.74) is 13.7. The average molecular weight is 739 g/mol. The Morgan fingerprint density at radius 2 is 0.724 bits per heavy atom. The summed E-state index contributed by atoms with van der Waals surface area (Å²) in [6.07, 6.45) is 0. The summed E-state index contributed by atoms with van der Waals surface area (Å²) in [4.78, 5) is 0. The van der Waals surface area contributed by atoms with Crippen molar-refractivity contribution >= 4 is 131 Å². The fourth-order valence-electron chi connectivity index (χ4n) is 11.3. The molecule has 0 aliphatic rings. The van der Waals surface area contributed by atoms with Gasteiger partial charge in [-0.15, -0.1) is 0 Å². The van der Waals surface area contributed by atoms with Gasteiger partial charge in [-0.2, -0.15) is 0 Å². The molecule has 0 amide bonds. The molecule has 0 saturated heterocycles. The van der Waals surface area contributed by atoms with Crippen molar-refractivity contribution in [3.8, 4) is 11.1 Å². The zero-order valence-corrected chi connectivity index (χ0v) is 31.0. The Balaban J connectivity index is 1.09. The first-order chi connectivity index (χ1) is 28.6. The first-order valence-electron chi connectivity index (χ1n) is 19.9. The molecule has 0 radical (unpaired) electrons.